The second-order valence-corrected chi connectivity index (χ2v) is 4.24. The van der Waals surface area contributed by atoms with Gasteiger partial charge in [0.2, 0.25) is 0 Å². The van der Waals surface area contributed by atoms with Crippen molar-refractivity contribution in [3.63, 3.8) is 0 Å². The summed E-state index contributed by atoms with van der Waals surface area (Å²) in [6.07, 6.45) is 0.840. The van der Waals surface area contributed by atoms with Crippen LogP contribution in [0.25, 0.3) is 0 Å². The molecule has 4 heteroatoms. The Bertz CT molecular complexity index is 269. The molecule has 1 heterocycles. The third-order valence-corrected chi connectivity index (χ3v) is 1.61. The average molecular weight is 168 g/mol. The van der Waals surface area contributed by atoms with Gasteiger partial charge in [0.1, 0.15) is 5.82 Å². The molecule has 0 amide bonds. The minimum atomic E-state index is 0.190. The van der Waals surface area contributed by atoms with E-state index in [0.717, 1.165) is 12.1 Å². The van der Waals surface area contributed by atoms with E-state index in [1.54, 1.807) is 0 Å². The summed E-state index contributed by atoms with van der Waals surface area (Å²) >= 11 is 0. The molecule has 0 atom stereocenters. The summed E-state index contributed by atoms with van der Waals surface area (Å²) in [6, 6.07) is 0. The normalized spacial score (nSPS) is 11.9. The Morgan fingerprint density at radius 3 is 2.25 bits per heavy atom. The van der Waals surface area contributed by atoms with Crippen LogP contribution in [0.15, 0.2) is 0 Å². The number of rotatable bonds is 1. The van der Waals surface area contributed by atoms with Gasteiger partial charge in [-0.3, -0.25) is 5.10 Å². The van der Waals surface area contributed by atoms with Gasteiger partial charge in [0, 0.05) is 0 Å². The molecular weight excluding hydrogens is 152 g/mol. The maximum absolute atomic E-state index is 5.69. The first-order valence-corrected chi connectivity index (χ1v) is 3.98. The van der Waals surface area contributed by atoms with Crippen LogP contribution in [0.5, 0.6) is 0 Å². The Hall–Kier alpha value is -1.19. The number of nitrogens with one attached hydrogen (secondary N) is 1. The van der Waals surface area contributed by atoms with E-state index in [0.29, 0.717) is 11.5 Å². The summed E-state index contributed by atoms with van der Waals surface area (Å²) in [5.74, 6) is 0.467. The van der Waals surface area contributed by atoms with Gasteiger partial charge in [0.25, 0.3) is 0 Å². The molecule has 4 nitrogen and oxygen atoms in total. The van der Waals surface area contributed by atoms with E-state index in [-0.39, 0.29) is 5.41 Å². The molecule has 0 saturated heterocycles. The third-order valence-electron chi connectivity index (χ3n) is 1.61. The van der Waals surface area contributed by atoms with Gasteiger partial charge < -0.3 is 11.5 Å². The highest BCUT2D eigenvalue weighted by molar-refractivity contribution is 5.61. The van der Waals surface area contributed by atoms with Crippen LogP contribution in [-0.4, -0.2) is 10.2 Å². The molecule has 1 aromatic rings. The Morgan fingerprint density at radius 1 is 1.33 bits per heavy atom. The van der Waals surface area contributed by atoms with Crippen molar-refractivity contribution in [2.45, 2.75) is 27.2 Å². The topological polar surface area (TPSA) is 80.7 Å². The van der Waals surface area contributed by atoms with E-state index in [1.807, 2.05) is 0 Å². The van der Waals surface area contributed by atoms with Gasteiger partial charge in [-0.15, -0.1) is 0 Å². The minimum Gasteiger partial charge on any atom is -0.394 e. The van der Waals surface area contributed by atoms with Crippen molar-refractivity contribution >= 4 is 11.5 Å². The van der Waals surface area contributed by atoms with Crippen molar-refractivity contribution < 1.29 is 0 Å². The molecule has 1 aromatic heterocycles. The first-order valence-electron chi connectivity index (χ1n) is 3.98. The van der Waals surface area contributed by atoms with Gasteiger partial charge in [-0.2, -0.15) is 5.10 Å². The van der Waals surface area contributed by atoms with Crippen LogP contribution in [0.1, 0.15) is 26.5 Å². The van der Waals surface area contributed by atoms with Crippen molar-refractivity contribution in [2.75, 3.05) is 11.5 Å². The maximum atomic E-state index is 5.69. The molecule has 68 valence electrons. The number of aromatic amines is 1. The summed E-state index contributed by atoms with van der Waals surface area (Å²) in [4.78, 5) is 0. The third kappa shape index (κ3) is 1.90. The molecule has 1 rings (SSSR count). The molecule has 0 fully saturated rings. The number of aromatic nitrogens is 2. The van der Waals surface area contributed by atoms with Crippen LogP contribution in [0.4, 0.5) is 11.5 Å². The van der Waals surface area contributed by atoms with Crippen LogP contribution in [-0.2, 0) is 6.42 Å². The van der Waals surface area contributed by atoms with Gasteiger partial charge in [0.05, 0.1) is 11.4 Å². The van der Waals surface area contributed by atoms with Gasteiger partial charge in [0.15, 0.2) is 0 Å². The predicted molar refractivity (Wildman–Crippen MR) is 50.6 cm³/mol. The van der Waals surface area contributed by atoms with Crippen molar-refractivity contribution in [1.82, 2.24) is 10.2 Å². The fourth-order valence-electron chi connectivity index (χ4n) is 1.04. The summed E-state index contributed by atoms with van der Waals surface area (Å²) in [5.41, 5.74) is 12.8. The zero-order valence-corrected chi connectivity index (χ0v) is 7.81. The number of nitrogen functional groups attached to an aromatic ring is 2. The van der Waals surface area contributed by atoms with Crippen LogP contribution in [0.2, 0.25) is 0 Å². The summed E-state index contributed by atoms with van der Waals surface area (Å²) in [6.45, 7) is 6.41. The van der Waals surface area contributed by atoms with Crippen molar-refractivity contribution in [3.05, 3.63) is 5.69 Å². The van der Waals surface area contributed by atoms with Gasteiger partial charge in [-0.1, -0.05) is 20.8 Å². The van der Waals surface area contributed by atoms with Crippen LogP contribution >= 0.6 is 0 Å². The summed E-state index contributed by atoms with van der Waals surface area (Å²) < 4.78 is 0. The molecular formula is C8H16N4. The Balaban J connectivity index is 2.83. The molecule has 0 spiro atoms. The first kappa shape index (κ1) is 8.90. The smallest absolute Gasteiger partial charge is 0.142 e. The molecule has 5 N–H and O–H groups in total. The van der Waals surface area contributed by atoms with E-state index in [4.69, 9.17) is 11.5 Å². The maximum Gasteiger partial charge on any atom is 0.142 e. The number of hydrogen-bond acceptors (Lipinski definition) is 3. The lowest BCUT2D eigenvalue weighted by Gasteiger charge is -2.16. The molecule has 0 unspecified atom stereocenters. The molecule has 0 bridgehead atoms. The lowest BCUT2D eigenvalue weighted by molar-refractivity contribution is 0.406. The van der Waals surface area contributed by atoms with Gasteiger partial charge >= 0.3 is 0 Å². The van der Waals surface area contributed by atoms with E-state index in [9.17, 15) is 0 Å². The standard InChI is InChI=1S/C8H16N4/c1-8(2,3)4-5-6(9)7(10)12-11-5/h4,9H2,1-3H3,(H3,10,11,12). The van der Waals surface area contributed by atoms with E-state index in [1.165, 1.54) is 0 Å². The second-order valence-electron chi connectivity index (χ2n) is 4.24. The quantitative estimate of drug-likeness (QED) is 0.588. The molecule has 0 aliphatic rings. The monoisotopic (exact) mass is 168 g/mol. The Labute approximate surface area is 72.3 Å². The molecule has 0 aromatic carbocycles. The summed E-state index contributed by atoms with van der Waals surface area (Å²) in [5, 5.41) is 6.69. The predicted octanol–water partition coefficient (Wildman–Crippen LogP) is 1.16. The van der Waals surface area contributed by atoms with Crippen molar-refractivity contribution in [2.24, 2.45) is 5.41 Å². The van der Waals surface area contributed by atoms with Crippen LogP contribution in [0.3, 0.4) is 0 Å². The van der Waals surface area contributed by atoms with Crippen molar-refractivity contribution in [3.8, 4) is 0 Å². The number of nitrogens with zero attached hydrogens (tertiary/aromatic N) is 1. The largest absolute Gasteiger partial charge is 0.394 e. The minimum absolute atomic E-state index is 0.190. The molecule has 12 heavy (non-hydrogen) atoms. The van der Waals surface area contributed by atoms with Crippen LogP contribution in [0, 0.1) is 5.41 Å². The second kappa shape index (κ2) is 2.69. The zero-order chi connectivity index (χ0) is 9.35. The lowest BCUT2D eigenvalue weighted by Crippen LogP contribution is -2.10. The number of nitrogens with two attached hydrogens (primary N) is 2. The van der Waals surface area contributed by atoms with Gasteiger partial charge in [-0.05, 0) is 11.8 Å². The van der Waals surface area contributed by atoms with Gasteiger partial charge in [-0.25, -0.2) is 0 Å². The van der Waals surface area contributed by atoms with E-state index in [2.05, 4.69) is 31.0 Å². The molecule has 0 aliphatic carbocycles. The Morgan fingerprint density at radius 2 is 1.92 bits per heavy atom. The average Bonchev–Trinajstić information content (AvgIpc) is 2.16. The highest BCUT2D eigenvalue weighted by atomic mass is 15.2. The fraction of sp³-hybridized carbons (Fsp3) is 0.625. The fourth-order valence-corrected chi connectivity index (χ4v) is 1.04. The molecule has 0 aliphatic heterocycles. The van der Waals surface area contributed by atoms with Crippen LogP contribution < -0.4 is 11.5 Å². The van der Waals surface area contributed by atoms with E-state index >= 15 is 0 Å². The Kier molecular flexibility index (Phi) is 2.00. The SMILES string of the molecule is CC(C)(C)Cc1n[nH]c(N)c1N. The zero-order valence-electron chi connectivity index (χ0n) is 7.81. The number of hydrogen-bond donors (Lipinski definition) is 3. The first-order chi connectivity index (χ1) is 5.40. The van der Waals surface area contributed by atoms with Crippen molar-refractivity contribution in [1.29, 1.82) is 0 Å². The highest BCUT2D eigenvalue weighted by Gasteiger charge is 2.16. The summed E-state index contributed by atoms with van der Waals surface area (Å²) in [7, 11) is 0. The molecule has 0 saturated carbocycles. The number of anilines is 2. The lowest BCUT2D eigenvalue weighted by atomic mass is 9.90. The number of H-pyrrole nitrogens is 1. The highest BCUT2D eigenvalue weighted by Crippen LogP contribution is 2.25. The molecule has 0 radical (unpaired) electrons. The van der Waals surface area contributed by atoms with E-state index < -0.39 is 0 Å².